The first-order chi connectivity index (χ1) is 9.01. The molecule has 2 N–H and O–H groups in total. The maximum atomic E-state index is 13.3. The number of hydrogen-bond donors (Lipinski definition) is 2. The van der Waals surface area contributed by atoms with Crippen molar-refractivity contribution in [2.45, 2.75) is 20.8 Å². The van der Waals surface area contributed by atoms with Crippen molar-refractivity contribution >= 4 is 5.82 Å². The number of phenols is 1. The van der Waals surface area contributed by atoms with Crippen molar-refractivity contribution in [3.63, 3.8) is 0 Å². The number of aromatic nitrogens is 2. The number of aryl methyl sites for hydroxylation is 1. The van der Waals surface area contributed by atoms with E-state index in [4.69, 9.17) is 0 Å². The first-order valence-corrected chi connectivity index (χ1v) is 6.10. The van der Waals surface area contributed by atoms with Crippen LogP contribution in [0.15, 0.2) is 18.2 Å². The van der Waals surface area contributed by atoms with Gasteiger partial charge in [-0.1, -0.05) is 0 Å². The van der Waals surface area contributed by atoms with Gasteiger partial charge in [-0.15, -0.1) is 0 Å². The number of halogens is 1. The zero-order valence-electron chi connectivity index (χ0n) is 11.2. The Morgan fingerprint density at radius 1 is 1.21 bits per heavy atom. The van der Waals surface area contributed by atoms with Crippen molar-refractivity contribution < 1.29 is 9.50 Å². The van der Waals surface area contributed by atoms with E-state index in [0.29, 0.717) is 11.4 Å². The van der Waals surface area contributed by atoms with Crippen LogP contribution in [0.1, 0.15) is 18.2 Å². The van der Waals surface area contributed by atoms with Crippen molar-refractivity contribution in [3.05, 3.63) is 35.3 Å². The fourth-order valence-electron chi connectivity index (χ4n) is 1.80. The lowest BCUT2D eigenvalue weighted by atomic mass is 10.1. The van der Waals surface area contributed by atoms with Gasteiger partial charge in [-0.25, -0.2) is 14.4 Å². The second-order valence-electron chi connectivity index (χ2n) is 4.33. The van der Waals surface area contributed by atoms with E-state index in [-0.39, 0.29) is 5.75 Å². The number of benzene rings is 1. The third-order valence-electron chi connectivity index (χ3n) is 2.87. The van der Waals surface area contributed by atoms with E-state index in [9.17, 15) is 9.50 Å². The molecule has 0 saturated heterocycles. The van der Waals surface area contributed by atoms with Crippen LogP contribution in [0.3, 0.4) is 0 Å². The summed E-state index contributed by atoms with van der Waals surface area (Å²) < 4.78 is 13.3. The maximum Gasteiger partial charge on any atom is 0.162 e. The van der Waals surface area contributed by atoms with Crippen molar-refractivity contribution in [1.29, 1.82) is 0 Å². The molecule has 1 aromatic carbocycles. The predicted molar refractivity (Wildman–Crippen MR) is 72.7 cm³/mol. The van der Waals surface area contributed by atoms with Gasteiger partial charge in [0.2, 0.25) is 0 Å². The lowest BCUT2D eigenvalue weighted by molar-refractivity contribution is 0.469. The summed E-state index contributed by atoms with van der Waals surface area (Å²) in [5, 5.41) is 12.6. The van der Waals surface area contributed by atoms with E-state index in [1.807, 2.05) is 20.8 Å². The second kappa shape index (κ2) is 5.22. The Morgan fingerprint density at radius 2 is 1.95 bits per heavy atom. The highest BCUT2D eigenvalue weighted by Crippen LogP contribution is 2.25. The van der Waals surface area contributed by atoms with Gasteiger partial charge in [-0.2, -0.15) is 0 Å². The first-order valence-electron chi connectivity index (χ1n) is 6.10. The van der Waals surface area contributed by atoms with E-state index in [1.54, 1.807) is 0 Å². The summed E-state index contributed by atoms with van der Waals surface area (Å²) in [5.41, 5.74) is 2.25. The number of hydrogen-bond acceptors (Lipinski definition) is 4. The first kappa shape index (κ1) is 13.3. The molecular formula is C14H16FN3O. The van der Waals surface area contributed by atoms with Crippen molar-refractivity contribution in [3.8, 4) is 17.1 Å². The van der Waals surface area contributed by atoms with Gasteiger partial charge in [-0.05, 0) is 32.9 Å². The Kier molecular flexibility index (Phi) is 3.64. The molecule has 0 radical (unpaired) electrons. The van der Waals surface area contributed by atoms with E-state index >= 15 is 0 Å². The number of phenolic OH excluding ortho intramolecular Hbond substituents is 1. The van der Waals surface area contributed by atoms with Gasteiger partial charge in [-0.3, -0.25) is 0 Å². The minimum Gasteiger partial charge on any atom is -0.508 e. The Bertz CT molecular complexity index is 594. The standard InChI is InChI=1S/C14H16FN3O/c1-4-16-13-8(2)9(3)17-14(18-13)10-5-11(15)7-12(19)6-10/h5-7,19H,4H2,1-3H3,(H,16,17,18). The summed E-state index contributed by atoms with van der Waals surface area (Å²) in [7, 11) is 0. The quantitative estimate of drug-likeness (QED) is 0.891. The van der Waals surface area contributed by atoms with Gasteiger partial charge in [0.05, 0.1) is 0 Å². The predicted octanol–water partition coefficient (Wildman–Crippen LogP) is 3.04. The number of nitrogens with zero attached hydrogens (tertiary/aromatic N) is 2. The summed E-state index contributed by atoms with van der Waals surface area (Å²) in [4.78, 5) is 8.71. The molecule has 2 rings (SSSR count). The minimum absolute atomic E-state index is 0.137. The molecule has 0 amide bonds. The fraction of sp³-hybridized carbons (Fsp3) is 0.286. The highest BCUT2D eigenvalue weighted by Gasteiger charge is 2.10. The normalized spacial score (nSPS) is 10.5. The Balaban J connectivity index is 2.55. The Hall–Kier alpha value is -2.17. The van der Waals surface area contributed by atoms with Gasteiger partial charge < -0.3 is 10.4 Å². The molecular weight excluding hydrogens is 245 g/mol. The van der Waals surface area contributed by atoms with Crippen LogP contribution >= 0.6 is 0 Å². The van der Waals surface area contributed by atoms with Gasteiger partial charge >= 0.3 is 0 Å². The van der Waals surface area contributed by atoms with Gasteiger partial charge in [0.25, 0.3) is 0 Å². The highest BCUT2D eigenvalue weighted by atomic mass is 19.1. The number of anilines is 1. The summed E-state index contributed by atoms with van der Waals surface area (Å²) in [5.74, 6) is 0.478. The molecule has 0 aliphatic heterocycles. The molecule has 19 heavy (non-hydrogen) atoms. The lowest BCUT2D eigenvalue weighted by Gasteiger charge is -2.11. The maximum absolute atomic E-state index is 13.3. The topological polar surface area (TPSA) is 58.0 Å². The van der Waals surface area contributed by atoms with Crippen LogP contribution in [0.25, 0.3) is 11.4 Å². The van der Waals surface area contributed by atoms with E-state index in [1.165, 1.54) is 12.1 Å². The molecule has 0 spiro atoms. The molecule has 2 aromatic rings. The van der Waals surface area contributed by atoms with Crippen LogP contribution in [0.4, 0.5) is 10.2 Å². The van der Waals surface area contributed by atoms with Gasteiger partial charge in [0.1, 0.15) is 17.4 Å². The molecule has 1 aromatic heterocycles. The van der Waals surface area contributed by atoms with Crippen molar-refractivity contribution in [1.82, 2.24) is 9.97 Å². The minimum atomic E-state index is -0.512. The molecule has 0 bridgehead atoms. The molecule has 1 heterocycles. The summed E-state index contributed by atoms with van der Waals surface area (Å²) in [6.45, 7) is 6.52. The van der Waals surface area contributed by atoms with Gasteiger partial charge in [0, 0.05) is 29.4 Å². The van der Waals surface area contributed by atoms with Crippen LogP contribution in [-0.2, 0) is 0 Å². The highest BCUT2D eigenvalue weighted by molar-refractivity contribution is 5.61. The molecule has 0 saturated carbocycles. The third kappa shape index (κ3) is 2.81. The lowest BCUT2D eigenvalue weighted by Crippen LogP contribution is -2.06. The molecule has 0 unspecified atom stereocenters. The molecule has 0 aliphatic rings. The molecule has 4 nitrogen and oxygen atoms in total. The van der Waals surface area contributed by atoms with Crippen LogP contribution in [0, 0.1) is 19.7 Å². The fourth-order valence-corrected chi connectivity index (χ4v) is 1.80. The Morgan fingerprint density at radius 3 is 2.58 bits per heavy atom. The molecule has 0 atom stereocenters. The third-order valence-corrected chi connectivity index (χ3v) is 2.87. The van der Waals surface area contributed by atoms with Crippen LogP contribution in [0.5, 0.6) is 5.75 Å². The molecule has 0 fully saturated rings. The van der Waals surface area contributed by atoms with Crippen LogP contribution in [-0.4, -0.2) is 21.6 Å². The zero-order valence-corrected chi connectivity index (χ0v) is 11.2. The summed E-state index contributed by atoms with van der Waals surface area (Å²) in [6.07, 6.45) is 0. The van der Waals surface area contributed by atoms with Crippen LogP contribution < -0.4 is 5.32 Å². The molecule has 5 heteroatoms. The van der Waals surface area contributed by atoms with E-state index in [2.05, 4.69) is 15.3 Å². The Labute approximate surface area is 111 Å². The average Bonchev–Trinajstić information content (AvgIpc) is 2.33. The largest absolute Gasteiger partial charge is 0.508 e. The molecule has 0 aliphatic carbocycles. The SMILES string of the molecule is CCNc1nc(-c2cc(O)cc(F)c2)nc(C)c1C. The summed E-state index contributed by atoms with van der Waals surface area (Å²) >= 11 is 0. The number of nitrogens with one attached hydrogen (secondary N) is 1. The van der Waals surface area contributed by atoms with Crippen molar-refractivity contribution in [2.75, 3.05) is 11.9 Å². The van der Waals surface area contributed by atoms with Crippen LogP contribution in [0.2, 0.25) is 0 Å². The van der Waals surface area contributed by atoms with Crippen molar-refractivity contribution in [2.24, 2.45) is 0 Å². The monoisotopic (exact) mass is 261 g/mol. The molecule has 100 valence electrons. The second-order valence-corrected chi connectivity index (χ2v) is 4.33. The average molecular weight is 261 g/mol. The van der Waals surface area contributed by atoms with E-state index < -0.39 is 5.82 Å². The van der Waals surface area contributed by atoms with E-state index in [0.717, 1.165) is 29.7 Å². The smallest absolute Gasteiger partial charge is 0.162 e. The number of rotatable bonds is 3. The summed E-state index contributed by atoms with van der Waals surface area (Å²) in [6, 6.07) is 3.80. The zero-order chi connectivity index (χ0) is 14.0. The number of aromatic hydroxyl groups is 1. The van der Waals surface area contributed by atoms with Gasteiger partial charge in [0.15, 0.2) is 5.82 Å².